The van der Waals surface area contributed by atoms with E-state index >= 15 is 0 Å². The number of anilines is 3. The molecule has 0 unspecified atom stereocenters. The van der Waals surface area contributed by atoms with E-state index in [1.807, 2.05) is 38.1 Å². The van der Waals surface area contributed by atoms with Gasteiger partial charge in [0.1, 0.15) is 5.75 Å². The summed E-state index contributed by atoms with van der Waals surface area (Å²) in [6.45, 7) is 4.15. The molecule has 3 N–H and O–H groups in total. The van der Waals surface area contributed by atoms with Crippen molar-refractivity contribution in [2.24, 2.45) is 5.92 Å². The average Bonchev–Trinajstić information content (AvgIpc) is 2.61. The van der Waals surface area contributed by atoms with Gasteiger partial charge in [-0.3, -0.25) is 9.59 Å². The van der Waals surface area contributed by atoms with E-state index in [9.17, 15) is 9.59 Å². The summed E-state index contributed by atoms with van der Waals surface area (Å²) >= 11 is 0. The predicted molar refractivity (Wildman–Crippen MR) is 105 cm³/mol. The molecule has 6 nitrogen and oxygen atoms in total. The maximum Gasteiger partial charge on any atom is 0.243 e. The van der Waals surface area contributed by atoms with Crippen molar-refractivity contribution in [1.82, 2.24) is 0 Å². The van der Waals surface area contributed by atoms with Gasteiger partial charge in [-0.1, -0.05) is 13.8 Å². The van der Waals surface area contributed by atoms with Gasteiger partial charge in [-0.2, -0.15) is 0 Å². The Balaban J connectivity index is 1.80. The first-order valence-corrected chi connectivity index (χ1v) is 8.54. The van der Waals surface area contributed by atoms with Crippen LogP contribution in [-0.4, -0.2) is 25.5 Å². The Labute approximate surface area is 153 Å². The number of rotatable bonds is 8. The van der Waals surface area contributed by atoms with Crippen LogP contribution < -0.4 is 20.7 Å². The molecule has 0 heterocycles. The largest absolute Gasteiger partial charge is 0.497 e. The molecule has 0 aromatic heterocycles. The molecule has 2 rings (SSSR count). The molecule has 6 heteroatoms. The molecule has 0 bridgehead atoms. The third-order valence-electron chi connectivity index (χ3n) is 3.59. The standard InChI is InChI=1S/C20H25N3O3/c1-14(2)12-19(24)22-16-4-6-17(7-5-16)23-20(25)13-21-15-8-10-18(26-3)11-9-15/h4-11,14,21H,12-13H2,1-3H3,(H,22,24)(H,23,25). The van der Waals surface area contributed by atoms with E-state index in [4.69, 9.17) is 4.74 Å². The second-order valence-corrected chi connectivity index (χ2v) is 6.35. The van der Waals surface area contributed by atoms with Crippen LogP contribution in [0, 0.1) is 5.92 Å². The highest BCUT2D eigenvalue weighted by Gasteiger charge is 2.06. The third-order valence-corrected chi connectivity index (χ3v) is 3.59. The van der Waals surface area contributed by atoms with E-state index in [1.54, 1.807) is 31.4 Å². The zero-order valence-electron chi connectivity index (χ0n) is 15.3. The van der Waals surface area contributed by atoms with Gasteiger partial charge < -0.3 is 20.7 Å². The Hall–Kier alpha value is -3.02. The van der Waals surface area contributed by atoms with Crippen LogP contribution in [0.3, 0.4) is 0 Å². The first-order valence-electron chi connectivity index (χ1n) is 8.54. The van der Waals surface area contributed by atoms with Crippen LogP contribution in [0.25, 0.3) is 0 Å². The molecule has 0 atom stereocenters. The summed E-state index contributed by atoms with van der Waals surface area (Å²) in [4.78, 5) is 23.8. The third kappa shape index (κ3) is 6.47. The lowest BCUT2D eigenvalue weighted by Gasteiger charge is -2.10. The maximum absolute atomic E-state index is 12.0. The van der Waals surface area contributed by atoms with Crippen LogP contribution >= 0.6 is 0 Å². The van der Waals surface area contributed by atoms with Crippen LogP contribution in [0.2, 0.25) is 0 Å². The second-order valence-electron chi connectivity index (χ2n) is 6.35. The monoisotopic (exact) mass is 355 g/mol. The first-order chi connectivity index (χ1) is 12.5. The SMILES string of the molecule is COc1ccc(NCC(=O)Nc2ccc(NC(=O)CC(C)C)cc2)cc1. The molecule has 0 aliphatic heterocycles. The number of hydrogen-bond donors (Lipinski definition) is 3. The fourth-order valence-electron chi connectivity index (χ4n) is 2.32. The average molecular weight is 355 g/mol. The molecule has 0 aliphatic carbocycles. The number of methoxy groups -OCH3 is 1. The summed E-state index contributed by atoms with van der Waals surface area (Å²) in [5.74, 6) is 0.908. The van der Waals surface area contributed by atoms with Gasteiger partial charge in [0.2, 0.25) is 11.8 Å². The van der Waals surface area contributed by atoms with E-state index in [0.29, 0.717) is 23.7 Å². The fraction of sp³-hybridized carbons (Fsp3) is 0.300. The molecule has 0 fully saturated rings. The van der Waals surface area contributed by atoms with E-state index in [1.165, 1.54) is 0 Å². The molecule has 26 heavy (non-hydrogen) atoms. The topological polar surface area (TPSA) is 79.5 Å². The van der Waals surface area contributed by atoms with Crippen LogP contribution in [0.1, 0.15) is 20.3 Å². The lowest BCUT2D eigenvalue weighted by molar-refractivity contribution is -0.117. The lowest BCUT2D eigenvalue weighted by Crippen LogP contribution is -2.21. The molecule has 138 valence electrons. The maximum atomic E-state index is 12.0. The number of carbonyl (C=O) groups excluding carboxylic acids is 2. The minimum atomic E-state index is -0.155. The molecule has 0 saturated heterocycles. The quantitative estimate of drug-likeness (QED) is 0.674. The predicted octanol–water partition coefficient (Wildman–Crippen LogP) is 3.73. The molecular weight excluding hydrogens is 330 g/mol. The number of amides is 2. The number of nitrogens with one attached hydrogen (secondary N) is 3. The molecule has 0 spiro atoms. The number of hydrogen-bond acceptors (Lipinski definition) is 4. The van der Waals surface area contributed by atoms with Gasteiger partial charge in [-0.05, 0) is 54.4 Å². The Morgan fingerprint density at radius 1 is 0.846 bits per heavy atom. The fourth-order valence-corrected chi connectivity index (χ4v) is 2.32. The summed E-state index contributed by atoms with van der Waals surface area (Å²) in [7, 11) is 1.61. The summed E-state index contributed by atoms with van der Waals surface area (Å²) in [6.07, 6.45) is 0.482. The zero-order valence-corrected chi connectivity index (χ0v) is 15.3. The Kier molecular flexibility index (Phi) is 7.02. The van der Waals surface area contributed by atoms with Crippen LogP contribution in [0.5, 0.6) is 5.75 Å². The van der Waals surface area contributed by atoms with Crippen molar-refractivity contribution >= 4 is 28.9 Å². The minimum Gasteiger partial charge on any atom is -0.497 e. The highest BCUT2D eigenvalue weighted by Crippen LogP contribution is 2.16. The van der Waals surface area contributed by atoms with E-state index in [0.717, 1.165) is 11.4 Å². The molecule has 2 aromatic carbocycles. The molecule has 0 radical (unpaired) electrons. The number of carbonyl (C=O) groups is 2. The smallest absolute Gasteiger partial charge is 0.243 e. The Morgan fingerprint density at radius 3 is 1.85 bits per heavy atom. The van der Waals surface area contributed by atoms with Crippen molar-refractivity contribution in [2.45, 2.75) is 20.3 Å². The van der Waals surface area contributed by atoms with Gasteiger partial charge >= 0.3 is 0 Å². The van der Waals surface area contributed by atoms with Crippen molar-refractivity contribution in [3.63, 3.8) is 0 Å². The number of benzene rings is 2. The highest BCUT2D eigenvalue weighted by atomic mass is 16.5. The van der Waals surface area contributed by atoms with Gasteiger partial charge in [0.05, 0.1) is 13.7 Å². The van der Waals surface area contributed by atoms with Gasteiger partial charge in [-0.15, -0.1) is 0 Å². The number of ether oxygens (including phenoxy) is 1. The van der Waals surface area contributed by atoms with Crippen molar-refractivity contribution < 1.29 is 14.3 Å². The van der Waals surface area contributed by atoms with E-state index in [-0.39, 0.29) is 18.4 Å². The summed E-state index contributed by atoms with van der Waals surface area (Å²) in [5.41, 5.74) is 2.22. The molecule has 2 aromatic rings. The highest BCUT2D eigenvalue weighted by molar-refractivity contribution is 5.94. The van der Waals surface area contributed by atoms with Gasteiger partial charge in [-0.25, -0.2) is 0 Å². The Bertz CT molecular complexity index is 725. The second kappa shape index (κ2) is 9.46. The molecule has 2 amide bonds. The van der Waals surface area contributed by atoms with Gasteiger partial charge in [0.25, 0.3) is 0 Å². The van der Waals surface area contributed by atoms with Crippen molar-refractivity contribution in [3.8, 4) is 5.75 Å². The summed E-state index contributed by atoms with van der Waals surface area (Å²) < 4.78 is 5.09. The van der Waals surface area contributed by atoms with Gasteiger partial charge in [0.15, 0.2) is 0 Å². The van der Waals surface area contributed by atoms with E-state index in [2.05, 4.69) is 16.0 Å². The summed E-state index contributed by atoms with van der Waals surface area (Å²) in [5, 5.41) is 8.69. The minimum absolute atomic E-state index is 0.0134. The normalized spacial score (nSPS) is 10.3. The van der Waals surface area contributed by atoms with Crippen molar-refractivity contribution in [3.05, 3.63) is 48.5 Å². The van der Waals surface area contributed by atoms with Crippen LogP contribution in [0.15, 0.2) is 48.5 Å². The van der Waals surface area contributed by atoms with Crippen LogP contribution in [0.4, 0.5) is 17.1 Å². The van der Waals surface area contributed by atoms with E-state index < -0.39 is 0 Å². The lowest BCUT2D eigenvalue weighted by atomic mass is 10.1. The zero-order chi connectivity index (χ0) is 18.9. The van der Waals surface area contributed by atoms with Crippen LogP contribution in [-0.2, 0) is 9.59 Å². The van der Waals surface area contributed by atoms with Crippen molar-refractivity contribution in [2.75, 3.05) is 29.6 Å². The Morgan fingerprint density at radius 2 is 1.35 bits per heavy atom. The van der Waals surface area contributed by atoms with Gasteiger partial charge in [0, 0.05) is 23.5 Å². The molecule has 0 saturated carbocycles. The summed E-state index contributed by atoms with van der Waals surface area (Å²) in [6, 6.07) is 14.4. The first kappa shape index (κ1) is 19.3. The molecular formula is C20H25N3O3. The molecule has 0 aliphatic rings. The van der Waals surface area contributed by atoms with Crippen molar-refractivity contribution in [1.29, 1.82) is 0 Å².